The molecule has 3 N–H and O–H groups in total. The zero-order valence-corrected chi connectivity index (χ0v) is 11.3. The predicted molar refractivity (Wildman–Crippen MR) is 66.9 cm³/mol. The number of carboxylic acid groups (broad SMARTS) is 1. The van der Waals surface area contributed by atoms with Crippen molar-refractivity contribution in [3.05, 3.63) is 0 Å². The Morgan fingerprint density at radius 1 is 1.24 bits per heavy atom. The first-order valence-corrected chi connectivity index (χ1v) is 5.98. The van der Waals surface area contributed by atoms with E-state index >= 15 is 0 Å². The highest BCUT2D eigenvalue weighted by atomic mass is 16.4. The molecule has 0 aromatic carbocycles. The second-order valence-corrected chi connectivity index (χ2v) is 5.39. The molecule has 0 aliphatic carbocycles. The predicted octanol–water partition coefficient (Wildman–Crippen LogP) is 1.97. The highest BCUT2D eigenvalue weighted by Crippen LogP contribution is 2.18. The maximum absolute atomic E-state index is 11.6. The molecule has 0 radical (unpaired) electrons. The van der Waals surface area contributed by atoms with Crippen LogP contribution >= 0.6 is 0 Å². The Hall–Kier alpha value is -1.26. The van der Waals surface area contributed by atoms with Gasteiger partial charge in [0.05, 0.1) is 0 Å². The lowest BCUT2D eigenvalue weighted by atomic mass is 9.88. The van der Waals surface area contributed by atoms with Crippen molar-refractivity contribution in [2.45, 2.75) is 59.5 Å². The van der Waals surface area contributed by atoms with Gasteiger partial charge in [0.25, 0.3) is 0 Å². The van der Waals surface area contributed by atoms with Crippen LogP contribution < -0.4 is 10.6 Å². The van der Waals surface area contributed by atoms with Crippen molar-refractivity contribution < 1.29 is 14.7 Å². The molecule has 5 heteroatoms. The van der Waals surface area contributed by atoms with Crippen LogP contribution in [-0.2, 0) is 4.79 Å². The Morgan fingerprint density at radius 2 is 1.76 bits per heavy atom. The number of hydrogen-bond acceptors (Lipinski definition) is 2. The van der Waals surface area contributed by atoms with Crippen LogP contribution in [0.5, 0.6) is 0 Å². The average Bonchev–Trinajstić information content (AvgIpc) is 2.15. The molecule has 0 aromatic heterocycles. The van der Waals surface area contributed by atoms with Gasteiger partial charge < -0.3 is 15.7 Å². The number of amides is 2. The second-order valence-electron chi connectivity index (χ2n) is 5.39. The molecule has 0 aliphatic rings. The minimum atomic E-state index is -0.995. The molecule has 0 spiro atoms. The fraction of sp³-hybridized carbons (Fsp3) is 0.833. The van der Waals surface area contributed by atoms with Gasteiger partial charge in [0.1, 0.15) is 6.04 Å². The molecular weight excluding hydrogens is 220 g/mol. The fourth-order valence-corrected chi connectivity index (χ4v) is 1.16. The van der Waals surface area contributed by atoms with Crippen LogP contribution in [0.25, 0.3) is 0 Å². The van der Waals surface area contributed by atoms with Gasteiger partial charge in [0.15, 0.2) is 0 Å². The zero-order valence-electron chi connectivity index (χ0n) is 11.3. The number of rotatable bonds is 5. The fourth-order valence-electron chi connectivity index (χ4n) is 1.16. The molecule has 1 unspecified atom stereocenters. The average molecular weight is 244 g/mol. The van der Waals surface area contributed by atoms with Gasteiger partial charge in [-0.25, -0.2) is 9.59 Å². The van der Waals surface area contributed by atoms with E-state index in [4.69, 9.17) is 5.11 Å². The summed E-state index contributed by atoms with van der Waals surface area (Å²) in [5.41, 5.74) is -0.0547. The summed E-state index contributed by atoms with van der Waals surface area (Å²) in [5.74, 6) is -0.995. The smallest absolute Gasteiger partial charge is 0.326 e. The third-order valence-electron chi connectivity index (χ3n) is 2.83. The minimum Gasteiger partial charge on any atom is -0.480 e. The minimum absolute atomic E-state index is 0.0291. The van der Waals surface area contributed by atoms with Crippen molar-refractivity contribution in [1.82, 2.24) is 10.6 Å². The van der Waals surface area contributed by atoms with Crippen LogP contribution in [0.15, 0.2) is 0 Å². The molecule has 0 bridgehead atoms. The van der Waals surface area contributed by atoms with Gasteiger partial charge in [-0.15, -0.1) is 0 Å². The van der Waals surface area contributed by atoms with Gasteiger partial charge in [0.2, 0.25) is 0 Å². The summed E-state index contributed by atoms with van der Waals surface area (Å²) < 4.78 is 0. The summed E-state index contributed by atoms with van der Waals surface area (Å²) in [4.78, 5) is 22.5. The van der Waals surface area contributed by atoms with Crippen molar-refractivity contribution in [1.29, 1.82) is 0 Å². The summed E-state index contributed by atoms with van der Waals surface area (Å²) in [6, 6.07) is -1.26. The van der Waals surface area contributed by atoms with E-state index in [-0.39, 0.29) is 11.5 Å². The van der Waals surface area contributed by atoms with E-state index < -0.39 is 18.0 Å². The number of nitrogens with one attached hydrogen (secondary N) is 2. The normalized spacial score (nSPS) is 14.9. The molecule has 0 aliphatic heterocycles. The van der Waals surface area contributed by atoms with E-state index in [1.165, 1.54) is 0 Å². The first-order chi connectivity index (χ1) is 7.68. The van der Waals surface area contributed by atoms with E-state index in [0.29, 0.717) is 12.8 Å². The topological polar surface area (TPSA) is 78.4 Å². The van der Waals surface area contributed by atoms with Gasteiger partial charge in [-0.05, 0) is 18.8 Å². The quantitative estimate of drug-likeness (QED) is 0.692. The first-order valence-electron chi connectivity index (χ1n) is 5.98. The van der Waals surface area contributed by atoms with E-state index in [1.807, 2.05) is 34.6 Å². The third-order valence-corrected chi connectivity index (χ3v) is 2.83. The molecule has 0 fully saturated rings. The highest BCUT2D eigenvalue weighted by molar-refractivity contribution is 5.82. The number of aliphatic carboxylic acids is 1. The second kappa shape index (κ2) is 6.47. The molecule has 0 saturated carbocycles. The Labute approximate surface area is 103 Å². The van der Waals surface area contributed by atoms with Gasteiger partial charge in [-0.3, -0.25) is 0 Å². The van der Waals surface area contributed by atoms with Gasteiger partial charge >= 0.3 is 12.0 Å². The first kappa shape index (κ1) is 15.7. The van der Waals surface area contributed by atoms with Crippen molar-refractivity contribution >= 4 is 12.0 Å². The molecule has 0 aromatic rings. The zero-order chi connectivity index (χ0) is 13.6. The molecule has 17 heavy (non-hydrogen) atoms. The number of carbonyl (C=O) groups excluding carboxylic acids is 1. The molecular formula is C12H24N2O3. The maximum atomic E-state index is 11.6. The van der Waals surface area contributed by atoms with Crippen LogP contribution in [0.1, 0.15) is 47.5 Å². The Kier molecular flexibility index (Phi) is 5.99. The SMILES string of the molecule is CCC[C@H](NC(=O)NC(C)C(C)(C)C)C(=O)O. The summed E-state index contributed by atoms with van der Waals surface area (Å²) in [5, 5.41) is 14.1. The van der Waals surface area contributed by atoms with Crippen molar-refractivity contribution in [3.8, 4) is 0 Å². The molecule has 2 atom stereocenters. The monoisotopic (exact) mass is 244 g/mol. The molecule has 0 rings (SSSR count). The Bertz CT molecular complexity index is 271. The van der Waals surface area contributed by atoms with E-state index in [0.717, 1.165) is 0 Å². The van der Waals surface area contributed by atoms with Crippen LogP contribution in [0.3, 0.4) is 0 Å². The standard InChI is InChI=1S/C12H24N2O3/c1-6-7-9(10(15)16)14-11(17)13-8(2)12(3,4)5/h8-9H,6-7H2,1-5H3,(H,15,16)(H2,13,14,17)/t8?,9-/m0/s1. The number of carboxylic acids is 1. The van der Waals surface area contributed by atoms with Gasteiger partial charge in [-0.1, -0.05) is 34.1 Å². The van der Waals surface area contributed by atoms with E-state index in [2.05, 4.69) is 10.6 Å². The lowest BCUT2D eigenvalue weighted by molar-refractivity contribution is -0.139. The van der Waals surface area contributed by atoms with E-state index in [9.17, 15) is 9.59 Å². The Morgan fingerprint density at radius 3 is 2.12 bits per heavy atom. The van der Waals surface area contributed by atoms with Crippen LogP contribution in [0.2, 0.25) is 0 Å². The lowest BCUT2D eigenvalue weighted by Crippen LogP contribution is -2.51. The lowest BCUT2D eigenvalue weighted by Gasteiger charge is -2.28. The van der Waals surface area contributed by atoms with Crippen molar-refractivity contribution in [2.24, 2.45) is 5.41 Å². The molecule has 0 saturated heterocycles. The van der Waals surface area contributed by atoms with Crippen molar-refractivity contribution in [3.63, 3.8) is 0 Å². The van der Waals surface area contributed by atoms with Crippen LogP contribution in [0.4, 0.5) is 4.79 Å². The maximum Gasteiger partial charge on any atom is 0.326 e. The van der Waals surface area contributed by atoms with Crippen LogP contribution in [-0.4, -0.2) is 29.2 Å². The van der Waals surface area contributed by atoms with Gasteiger partial charge in [0, 0.05) is 6.04 Å². The molecule has 5 nitrogen and oxygen atoms in total. The van der Waals surface area contributed by atoms with Gasteiger partial charge in [-0.2, -0.15) is 0 Å². The largest absolute Gasteiger partial charge is 0.480 e. The molecule has 100 valence electrons. The number of urea groups is 1. The van der Waals surface area contributed by atoms with Crippen molar-refractivity contribution in [2.75, 3.05) is 0 Å². The molecule has 0 heterocycles. The summed E-state index contributed by atoms with van der Waals surface area (Å²) in [7, 11) is 0. The Balaban J connectivity index is 4.29. The van der Waals surface area contributed by atoms with E-state index in [1.54, 1.807) is 0 Å². The number of hydrogen-bond donors (Lipinski definition) is 3. The number of carbonyl (C=O) groups is 2. The molecule has 2 amide bonds. The highest BCUT2D eigenvalue weighted by Gasteiger charge is 2.24. The third kappa shape index (κ3) is 6.14. The van der Waals surface area contributed by atoms with Crippen LogP contribution in [0, 0.1) is 5.41 Å². The summed E-state index contributed by atoms with van der Waals surface area (Å²) >= 11 is 0. The summed E-state index contributed by atoms with van der Waals surface area (Å²) in [6.45, 7) is 9.82. The summed E-state index contributed by atoms with van der Waals surface area (Å²) in [6.07, 6.45) is 1.15.